The second-order valence-corrected chi connectivity index (χ2v) is 3.09. The minimum absolute atomic E-state index is 0.0284. The Kier molecular flexibility index (Phi) is 4.59. The highest BCUT2D eigenvalue weighted by molar-refractivity contribution is 5.82. The van der Waals surface area contributed by atoms with E-state index in [2.05, 4.69) is 0 Å². The van der Waals surface area contributed by atoms with Crippen LogP contribution >= 0.6 is 0 Å². The Morgan fingerprint density at radius 2 is 1.82 bits per heavy atom. The maximum absolute atomic E-state index is 10.8. The molecule has 0 aromatic carbocycles. The fourth-order valence-corrected chi connectivity index (χ4v) is 0.543. The number of esters is 1. The number of allylic oxidation sites excluding steroid dienone is 1. The molecule has 0 aliphatic rings. The molecule has 0 saturated carbocycles. The molecule has 2 nitrogen and oxygen atoms in total. The maximum atomic E-state index is 10.8. The van der Waals surface area contributed by atoms with Crippen molar-refractivity contribution in [3.8, 4) is 0 Å². The van der Waals surface area contributed by atoms with Gasteiger partial charge in [0, 0.05) is 6.08 Å². The van der Waals surface area contributed by atoms with Gasteiger partial charge in [0.2, 0.25) is 0 Å². The summed E-state index contributed by atoms with van der Waals surface area (Å²) >= 11 is 0. The molecule has 0 saturated heterocycles. The van der Waals surface area contributed by atoms with Crippen LogP contribution in [0.25, 0.3) is 0 Å². The maximum Gasteiger partial charge on any atom is 0.330 e. The molecule has 0 fully saturated rings. The summed E-state index contributed by atoms with van der Waals surface area (Å²) in [6.07, 6.45) is 3.27. The lowest BCUT2D eigenvalue weighted by Crippen LogP contribution is -2.08. The molecule has 0 aliphatic carbocycles. The molecule has 64 valence electrons. The van der Waals surface area contributed by atoms with E-state index in [4.69, 9.17) is 4.74 Å². The quantitative estimate of drug-likeness (QED) is 0.462. The highest BCUT2D eigenvalue weighted by Crippen LogP contribution is 1.95. The molecular formula is C9H16O2. The Balaban J connectivity index is 3.69. The smallest absolute Gasteiger partial charge is 0.330 e. The average molecular weight is 156 g/mol. The van der Waals surface area contributed by atoms with Crippen molar-refractivity contribution in [3.63, 3.8) is 0 Å². The summed E-state index contributed by atoms with van der Waals surface area (Å²) in [7, 11) is 0. The largest absolute Gasteiger partial charge is 0.460 e. The standard InChI is InChI=1S/C9H16O2/c1-7(2)5-6-9(10)11-8(3)4/h5-8H,1-4H3. The highest BCUT2D eigenvalue weighted by Gasteiger charge is 1.99. The van der Waals surface area contributed by atoms with Gasteiger partial charge in [-0.2, -0.15) is 0 Å². The summed E-state index contributed by atoms with van der Waals surface area (Å²) < 4.78 is 4.87. The molecule has 0 spiro atoms. The van der Waals surface area contributed by atoms with E-state index in [1.807, 2.05) is 33.8 Å². The predicted octanol–water partition coefficient (Wildman–Crippen LogP) is 2.15. The minimum atomic E-state index is -0.256. The van der Waals surface area contributed by atoms with E-state index < -0.39 is 0 Å². The lowest BCUT2D eigenvalue weighted by Gasteiger charge is -2.04. The van der Waals surface area contributed by atoms with Crippen LogP contribution < -0.4 is 0 Å². The van der Waals surface area contributed by atoms with Gasteiger partial charge in [-0.25, -0.2) is 4.79 Å². The summed E-state index contributed by atoms with van der Waals surface area (Å²) in [5.74, 6) is 0.142. The zero-order valence-corrected chi connectivity index (χ0v) is 7.63. The lowest BCUT2D eigenvalue weighted by molar-refractivity contribution is -0.141. The third kappa shape index (κ3) is 7.10. The summed E-state index contributed by atoms with van der Waals surface area (Å²) in [4.78, 5) is 10.8. The Labute approximate surface area is 68.2 Å². The topological polar surface area (TPSA) is 26.3 Å². The van der Waals surface area contributed by atoms with Crippen LogP contribution in [0.3, 0.4) is 0 Å². The van der Waals surface area contributed by atoms with Crippen molar-refractivity contribution in [1.29, 1.82) is 0 Å². The zero-order chi connectivity index (χ0) is 8.85. The molecule has 0 amide bonds. The molecule has 11 heavy (non-hydrogen) atoms. The zero-order valence-electron chi connectivity index (χ0n) is 7.63. The summed E-state index contributed by atoms with van der Waals surface area (Å²) in [5.41, 5.74) is 0. The van der Waals surface area contributed by atoms with Crippen LogP contribution in [0.5, 0.6) is 0 Å². The summed E-state index contributed by atoms with van der Waals surface area (Å²) in [6.45, 7) is 7.69. The van der Waals surface area contributed by atoms with Crippen molar-refractivity contribution in [2.24, 2.45) is 5.92 Å². The normalized spacial score (nSPS) is 11.5. The molecule has 0 heterocycles. The van der Waals surface area contributed by atoms with Gasteiger partial charge in [-0.3, -0.25) is 0 Å². The van der Waals surface area contributed by atoms with E-state index in [0.717, 1.165) is 0 Å². The van der Waals surface area contributed by atoms with Gasteiger partial charge in [0.25, 0.3) is 0 Å². The molecule has 0 aliphatic heterocycles. The predicted molar refractivity (Wildman–Crippen MR) is 45.2 cm³/mol. The molecule has 0 unspecified atom stereocenters. The molecule has 0 aromatic heterocycles. The van der Waals surface area contributed by atoms with Gasteiger partial charge >= 0.3 is 5.97 Å². The Morgan fingerprint density at radius 3 is 2.18 bits per heavy atom. The van der Waals surface area contributed by atoms with Crippen molar-refractivity contribution < 1.29 is 9.53 Å². The number of rotatable bonds is 3. The van der Waals surface area contributed by atoms with Gasteiger partial charge in [-0.1, -0.05) is 19.9 Å². The molecule has 0 atom stereocenters. The monoisotopic (exact) mass is 156 g/mol. The van der Waals surface area contributed by atoms with Crippen LogP contribution in [-0.4, -0.2) is 12.1 Å². The summed E-state index contributed by atoms with van der Waals surface area (Å²) in [5, 5.41) is 0. The molecule has 0 radical (unpaired) electrons. The van der Waals surface area contributed by atoms with Crippen LogP contribution in [0.15, 0.2) is 12.2 Å². The van der Waals surface area contributed by atoms with E-state index in [1.165, 1.54) is 6.08 Å². The second kappa shape index (κ2) is 4.94. The first kappa shape index (κ1) is 10.2. The van der Waals surface area contributed by atoms with E-state index in [0.29, 0.717) is 5.92 Å². The summed E-state index contributed by atoms with van der Waals surface area (Å²) in [6, 6.07) is 0. The number of hydrogen-bond donors (Lipinski definition) is 0. The third-order valence-electron chi connectivity index (χ3n) is 0.969. The lowest BCUT2D eigenvalue weighted by atomic mass is 10.2. The first-order chi connectivity index (χ1) is 5.02. The highest BCUT2D eigenvalue weighted by atomic mass is 16.5. The Morgan fingerprint density at radius 1 is 1.27 bits per heavy atom. The molecule has 0 bridgehead atoms. The van der Waals surface area contributed by atoms with E-state index >= 15 is 0 Å². The number of carbonyl (C=O) groups is 1. The average Bonchev–Trinajstić information content (AvgIpc) is 1.82. The van der Waals surface area contributed by atoms with Gasteiger partial charge in [0.05, 0.1) is 6.10 Å². The molecule has 0 aromatic rings. The van der Waals surface area contributed by atoms with Crippen LogP contribution in [0, 0.1) is 5.92 Å². The SMILES string of the molecule is CC(C)C=CC(=O)OC(C)C. The second-order valence-electron chi connectivity index (χ2n) is 3.09. The van der Waals surface area contributed by atoms with Gasteiger partial charge in [-0.05, 0) is 19.8 Å². The van der Waals surface area contributed by atoms with Crippen LogP contribution in [-0.2, 0) is 9.53 Å². The Bertz CT molecular complexity index is 146. The van der Waals surface area contributed by atoms with Gasteiger partial charge in [-0.15, -0.1) is 0 Å². The van der Waals surface area contributed by atoms with E-state index in [1.54, 1.807) is 0 Å². The van der Waals surface area contributed by atoms with Crippen molar-refractivity contribution in [3.05, 3.63) is 12.2 Å². The van der Waals surface area contributed by atoms with Crippen molar-refractivity contribution in [2.45, 2.75) is 33.8 Å². The number of ether oxygens (including phenoxy) is 1. The first-order valence-electron chi connectivity index (χ1n) is 3.91. The third-order valence-corrected chi connectivity index (χ3v) is 0.969. The number of carbonyl (C=O) groups excluding carboxylic acids is 1. The molecule has 0 rings (SSSR count). The van der Waals surface area contributed by atoms with Gasteiger partial charge in [0.1, 0.15) is 0 Å². The van der Waals surface area contributed by atoms with Crippen molar-refractivity contribution in [2.75, 3.05) is 0 Å². The minimum Gasteiger partial charge on any atom is -0.460 e. The van der Waals surface area contributed by atoms with Crippen LogP contribution in [0.4, 0.5) is 0 Å². The van der Waals surface area contributed by atoms with Gasteiger partial charge < -0.3 is 4.74 Å². The molecular weight excluding hydrogens is 140 g/mol. The fourth-order valence-electron chi connectivity index (χ4n) is 0.543. The van der Waals surface area contributed by atoms with E-state index in [-0.39, 0.29) is 12.1 Å². The molecule has 0 N–H and O–H groups in total. The fraction of sp³-hybridized carbons (Fsp3) is 0.667. The van der Waals surface area contributed by atoms with Crippen molar-refractivity contribution in [1.82, 2.24) is 0 Å². The van der Waals surface area contributed by atoms with E-state index in [9.17, 15) is 4.79 Å². The van der Waals surface area contributed by atoms with Crippen molar-refractivity contribution >= 4 is 5.97 Å². The van der Waals surface area contributed by atoms with Gasteiger partial charge in [0.15, 0.2) is 0 Å². The van der Waals surface area contributed by atoms with Crippen LogP contribution in [0.2, 0.25) is 0 Å². The van der Waals surface area contributed by atoms with Crippen LogP contribution in [0.1, 0.15) is 27.7 Å². The Hall–Kier alpha value is -0.790. The molecule has 2 heteroatoms. The number of hydrogen-bond acceptors (Lipinski definition) is 2. The first-order valence-corrected chi connectivity index (χ1v) is 3.91.